The predicted molar refractivity (Wildman–Crippen MR) is 117 cm³/mol. The summed E-state index contributed by atoms with van der Waals surface area (Å²) < 4.78 is 27.6. The van der Waals surface area contributed by atoms with Crippen LogP contribution in [0.3, 0.4) is 0 Å². The molecule has 0 amide bonds. The van der Waals surface area contributed by atoms with E-state index in [-0.39, 0.29) is 0 Å². The molecule has 2 aliphatic carbocycles. The van der Waals surface area contributed by atoms with Crippen molar-refractivity contribution in [2.24, 2.45) is 10.9 Å². The highest BCUT2D eigenvalue weighted by Crippen LogP contribution is 2.45. The van der Waals surface area contributed by atoms with Crippen LogP contribution in [0.1, 0.15) is 55.6 Å². The largest absolute Gasteiger partial charge is 0.293 e. The molecule has 2 aromatic rings. The number of aliphatic imine (C=N–C) groups is 1. The average molecular weight is 409 g/mol. The number of anilines is 1. The molecule has 2 aromatic carbocycles. The summed E-state index contributed by atoms with van der Waals surface area (Å²) in [6.07, 6.45) is 10.8. The lowest BCUT2D eigenvalue weighted by Crippen LogP contribution is -2.29. The molecular formula is C24H28N2O2S. The van der Waals surface area contributed by atoms with E-state index in [1.807, 2.05) is 12.1 Å². The summed E-state index contributed by atoms with van der Waals surface area (Å²) in [4.78, 5) is 5.23. The van der Waals surface area contributed by atoms with Crippen LogP contribution in [0.4, 0.5) is 5.69 Å². The van der Waals surface area contributed by atoms with Gasteiger partial charge in [-0.3, -0.25) is 9.30 Å². The van der Waals surface area contributed by atoms with E-state index in [1.165, 1.54) is 37.7 Å². The predicted octanol–water partition coefficient (Wildman–Crippen LogP) is 4.95. The molecule has 3 aliphatic rings. The minimum Gasteiger partial charge on any atom is -0.293 e. The minimum absolute atomic E-state index is 0.358. The Balaban J connectivity index is 1.30. The lowest BCUT2D eigenvalue weighted by molar-refractivity contribution is 0.444. The van der Waals surface area contributed by atoms with E-state index < -0.39 is 10.0 Å². The van der Waals surface area contributed by atoms with Gasteiger partial charge in [0.1, 0.15) is 0 Å². The molecule has 5 heteroatoms. The molecule has 0 N–H and O–H groups in total. The summed E-state index contributed by atoms with van der Waals surface area (Å²) in [6.45, 7) is 0.518. The molecule has 0 aromatic heterocycles. The van der Waals surface area contributed by atoms with E-state index in [2.05, 4.69) is 18.3 Å². The van der Waals surface area contributed by atoms with E-state index >= 15 is 0 Å². The van der Waals surface area contributed by atoms with E-state index in [9.17, 15) is 8.42 Å². The van der Waals surface area contributed by atoms with Crippen molar-refractivity contribution in [1.82, 2.24) is 0 Å². The lowest BCUT2D eigenvalue weighted by atomic mass is 9.90. The zero-order valence-electron chi connectivity index (χ0n) is 16.7. The molecule has 0 spiro atoms. The van der Waals surface area contributed by atoms with Crippen LogP contribution in [0.25, 0.3) is 0 Å². The summed E-state index contributed by atoms with van der Waals surface area (Å²) in [5.74, 6) is 1.18. The third-order valence-corrected chi connectivity index (χ3v) is 8.44. The average Bonchev–Trinajstić information content (AvgIpc) is 3.41. The summed E-state index contributed by atoms with van der Waals surface area (Å²) in [6, 6.07) is 15.5. The topological polar surface area (TPSA) is 49.7 Å². The summed E-state index contributed by atoms with van der Waals surface area (Å²) >= 11 is 0. The molecule has 0 bridgehead atoms. The quantitative estimate of drug-likeness (QED) is 0.658. The van der Waals surface area contributed by atoms with Gasteiger partial charge in [-0.2, -0.15) is 0 Å². The van der Waals surface area contributed by atoms with E-state index in [0.29, 0.717) is 29.3 Å². The molecule has 152 valence electrons. The lowest BCUT2D eigenvalue weighted by Gasteiger charge is -2.19. The molecule has 4 nitrogen and oxygen atoms in total. The Morgan fingerprint density at radius 1 is 1.00 bits per heavy atom. The molecule has 2 atom stereocenters. The van der Waals surface area contributed by atoms with Crippen LogP contribution in [0.15, 0.2) is 58.4 Å². The molecule has 2 unspecified atom stereocenters. The highest BCUT2D eigenvalue weighted by molar-refractivity contribution is 7.92. The standard InChI is InChI=1S/C24H28N2O2S/c27-29(28,21-9-5-2-6-10-21)26-14-13-20-15-19(11-12-24(20)26)22-16-23(22)25-17-18-7-3-1-4-8-18/h2,5-6,9-12,15,17-18,22-23H,1,3-4,7-8,13-14,16H2/b25-17+. The first-order chi connectivity index (χ1) is 14.1. The van der Waals surface area contributed by atoms with Gasteiger partial charge in [-0.25, -0.2) is 8.42 Å². The molecule has 0 radical (unpaired) electrons. The van der Waals surface area contributed by atoms with Crippen LogP contribution >= 0.6 is 0 Å². The Hall–Kier alpha value is -2.14. The van der Waals surface area contributed by atoms with Crippen LogP contribution in [-0.4, -0.2) is 27.2 Å². The van der Waals surface area contributed by atoms with Gasteiger partial charge >= 0.3 is 0 Å². The van der Waals surface area contributed by atoms with Gasteiger partial charge in [-0.15, -0.1) is 0 Å². The Labute approximate surface area is 173 Å². The van der Waals surface area contributed by atoms with Gasteiger partial charge in [-0.05, 0) is 60.9 Å². The second-order valence-electron chi connectivity index (χ2n) is 8.63. The van der Waals surface area contributed by atoms with Crippen molar-refractivity contribution >= 4 is 21.9 Å². The zero-order chi connectivity index (χ0) is 19.8. The van der Waals surface area contributed by atoms with Crippen molar-refractivity contribution < 1.29 is 8.42 Å². The van der Waals surface area contributed by atoms with Crippen LogP contribution in [-0.2, 0) is 16.4 Å². The van der Waals surface area contributed by atoms with Gasteiger partial charge in [0.2, 0.25) is 0 Å². The third-order valence-electron chi connectivity index (χ3n) is 6.61. The fourth-order valence-electron chi connectivity index (χ4n) is 4.81. The number of benzene rings is 2. The van der Waals surface area contributed by atoms with Crippen LogP contribution < -0.4 is 4.31 Å². The number of hydrogen-bond donors (Lipinski definition) is 0. The molecule has 2 saturated carbocycles. The van der Waals surface area contributed by atoms with Gasteiger partial charge in [-0.1, -0.05) is 49.6 Å². The van der Waals surface area contributed by atoms with E-state index in [0.717, 1.165) is 24.1 Å². The molecule has 1 heterocycles. The maximum absolute atomic E-state index is 13.0. The van der Waals surface area contributed by atoms with Crippen LogP contribution in [0.5, 0.6) is 0 Å². The van der Waals surface area contributed by atoms with Crippen molar-refractivity contribution in [1.29, 1.82) is 0 Å². The molecule has 2 fully saturated rings. The van der Waals surface area contributed by atoms with Crippen LogP contribution in [0, 0.1) is 5.92 Å². The number of fused-ring (bicyclic) bond motifs is 1. The summed E-state index contributed by atoms with van der Waals surface area (Å²) in [7, 11) is -3.49. The van der Waals surface area contributed by atoms with Crippen molar-refractivity contribution in [3.8, 4) is 0 Å². The number of rotatable bonds is 5. The Kier molecular flexibility index (Phi) is 4.94. The molecule has 29 heavy (non-hydrogen) atoms. The first-order valence-corrected chi connectivity index (χ1v) is 12.3. The molecular weight excluding hydrogens is 380 g/mol. The normalized spacial score (nSPS) is 24.8. The number of nitrogens with zero attached hydrogens (tertiary/aromatic N) is 2. The third kappa shape index (κ3) is 3.73. The van der Waals surface area contributed by atoms with E-state index in [1.54, 1.807) is 28.6 Å². The zero-order valence-corrected chi connectivity index (χ0v) is 17.5. The SMILES string of the molecule is O=S(=O)(c1ccccc1)N1CCc2cc(C3CC3/N=C/C3CCCCC3)ccc21. The smallest absolute Gasteiger partial charge is 0.264 e. The maximum Gasteiger partial charge on any atom is 0.264 e. The molecule has 1 aliphatic heterocycles. The maximum atomic E-state index is 13.0. The second kappa shape index (κ2) is 7.60. The van der Waals surface area contributed by atoms with Gasteiger partial charge in [0.15, 0.2) is 0 Å². The highest BCUT2D eigenvalue weighted by atomic mass is 32.2. The Bertz CT molecular complexity index is 1010. The van der Waals surface area contributed by atoms with Gasteiger partial charge in [0.05, 0.1) is 16.6 Å². The molecule has 5 rings (SSSR count). The van der Waals surface area contributed by atoms with Crippen molar-refractivity contribution in [3.05, 3.63) is 59.7 Å². The minimum atomic E-state index is -3.49. The molecule has 0 saturated heterocycles. The van der Waals surface area contributed by atoms with Crippen molar-refractivity contribution in [3.63, 3.8) is 0 Å². The number of sulfonamides is 1. The Morgan fingerprint density at radius 3 is 2.59 bits per heavy atom. The first-order valence-electron chi connectivity index (χ1n) is 10.9. The van der Waals surface area contributed by atoms with Gasteiger partial charge < -0.3 is 0 Å². The van der Waals surface area contributed by atoms with E-state index in [4.69, 9.17) is 4.99 Å². The van der Waals surface area contributed by atoms with Crippen molar-refractivity contribution in [2.75, 3.05) is 10.8 Å². The Morgan fingerprint density at radius 2 is 1.79 bits per heavy atom. The second-order valence-corrected chi connectivity index (χ2v) is 10.5. The monoisotopic (exact) mass is 408 g/mol. The summed E-state index contributed by atoms with van der Waals surface area (Å²) in [5.41, 5.74) is 3.29. The summed E-state index contributed by atoms with van der Waals surface area (Å²) in [5, 5.41) is 0. The van der Waals surface area contributed by atoms with Crippen LogP contribution in [0.2, 0.25) is 0 Å². The highest BCUT2D eigenvalue weighted by Gasteiger charge is 2.39. The fourth-order valence-corrected chi connectivity index (χ4v) is 6.34. The fraction of sp³-hybridized carbons (Fsp3) is 0.458. The van der Waals surface area contributed by atoms with Crippen molar-refractivity contribution in [2.45, 2.75) is 61.8 Å². The van der Waals surface area contributed by atoms with Gasteiger partial charge in [0.25, 0.3) is 10.0 Å². The number of hydrogen-bond acceptors (Lipinski definition) is 3. The van der Waals surface area contributed by atoms with Gasteiger partial charge in [0, 0.05) is 18.7 Å². The first kappa shape index (κ1) is 18.9.